The van der Waals surface area contributed by atoms with Gasteiger partial charge < -0.3 is 10.6 Å². The van der Waals surface area contributed by atoms with Crippen molar-refractivity contribution >= 4 is 44.1 Å². The molecule has 1 fully saturated rings. The molecule has 0 radical (unpaired) electrons. The van der Waals surface area contributed by atoms with Crippen molar-refractivity contribution in [3.63, 3.8) is 0 Å². The summed E-state index contributed by atoms with van der Waals surface area (Å²) in [6, 6.07) is 14.5. The summed E-state index contributed by atoms with van der Waals surface area (Å²) in [5.74, 6) is 0.00857. The molecule has 5 nitrogen and oxygen atoms in total. The van der Waals surface area contributed by atoms with Crippen LogP contribution in [-0.4, -0.2) is 33.9 Å². The van der Waals surface area contributed by atoms with E-state index in [4.69, 9.17) is 10.7 Å². The molecule has 6 heteroatoms. The van der Waals surface area contributed by atoms with E-state index in [2.05, 4.69) is 35.3 Å². The molecule has 5 rings (SSSR count). The summed E-state index contributed by atoms with van der Waals surface area (Å²) >= 11 is 1.35. The zero-order valence-corrected chi connectivity index (χ0v) is 16.2. The number of rotatable bonds is 2. The third kappa shape index (κ3) is 2.90. The van der Waals surface area contributed by atoms with Crippen molar-refractivity contribution in [2.24, 2.45) is 0 Å². The standard InChI is InChI=1S/C22H20N4OS/c23-18-19-21(28-20(18)22(27)26-10-4-1-5-11-26)25-17(13-24-19)16-9-8-14-6-2-3-7-15(14)12-16/h2-3,6-9,12-13H,1,4-5,10-11,23H2. The first kappa shape index (κ1) is 17.1. The van der Waals surface area contributed by atoms with Crippen LogP contribution in [0.3, 0.4) is 0 Å². The third-order valence-corrected chi connectivity index (χ3v) is 6.40. The average Bonchev–Trinajstić information content (AvgIpc) is 3.09. The summed E-state index contributed by atoms with van der Waals surface area (Å²) < 4.78 is 0. The first-order chi connectivity index (χ1) is 13.7. The zero-order chi connectivity index (χ0) is 19.1. The Hall–Kier alpha value is -2.99. The number of carbonyl (C=O) groups is 1. The maximum absolute atomic E-state index is 12.9. The zero-order valence-electron chi connectivity index (χ0n) is 15.4. The minimum Gasteiger partial charge on any atom is -0.396 e. The molecule has 4 aromatic rings. The summed E-state index contributed by atoms with van der Waals surface area (Å²) in [5, 5.41) is 2.35. The molecule has 0 atom stereocenters. The lowest BCUT2D eigenvalue weighted by molar-refractivity contribution is 0.0730. The molecule has 0 bridgehead atoms. The van der Waals surface area contributed by atoms with Crippen LogP contribution in [0.2, 0.25) is 0 Å². The lowest BCUT2D eigenvalue weighted by Gasteiger charge is -2.26. The predicted molar refractivity (Wildman–Crippen MR) is 115 cm³/mol. The number of hydrogen-bond acceptors (Lipinski definition) is 5. The fraction of sp³-hybridized carbons (Fsp3) is 0.227. The number of aromatic nitrogens is 2. The Morgan fingerprint density at radius 1 is 1.04 bits per heavy atom. The lowest BCUT2D eigenvalue weighted by atomic mass is 10.1. The van der Waals surface area contributed by atoms with Crippen molar-refractivity contribution in [3.8, 4) is 11.3 Å². The number of benzene rings is 2. The molecule has 1 amide bonds. The highest BCUT2D eigenvalue weighted by molar-refractivity contribution is 7.21. The lowest BCUT2D eigenvalue weighted by Crippen LogP contribution is -2.35. The van der Waals surface area contributed by atoms with Crippen LogP contribution < -0.4 is 5.73 Å². The van der Waals surface area contributed by atoms with Crippen LogP contribution >= 0.6 is 11.3 Å². The van der Waals surface area contributed by atoms with Crippen LogP contribution in [-0.2, 0) is 0 Å². The van der Waals surface area contributed by atoms with E-state index in [0.29, 0.717) is 20.9 Å². The Bertz CT molecular complexity index is 1190. The highest BCUT2D eigenvalue weighted by Gasteiger charge is 2.24. The van der Waals surface area contributed by atoms with E-state index in [1.807, 2.05) is 17.0 Å². The maximum atomic E-state index is 12.9. The summed E-state index contributed by atoms with van der Waals surface area (Å²) in [6.07, 6.45) is 5.03. The molecule has 3 heterocycles. The number of nitrogen functional groups attached to an aromatic ring is 1. The topological polar surface area (TPSA) is 72.1 Å². The van der Waals surface area contributed by atoms with Gasteiger partial charge in [-0.05, 0) is 36.1 Å². The minimum absolute atomic E-state index is 0.00857. The SMILES string of the molecule is Nc1c(C(=O)N2CCCCC2)sc2nc(-c3ccc4ccccc4c3)cnc12. The second-order valence-electron chi connectivity index (χ2n) is 7.17. The average molecular weight is 388 g/mol. The number of piperidine rings is 1. The molecule has 1 saturated heterocycles. The Morgan fingerprint density at radius 2 is 1.82 bits per heavy atom. The predicted octanol–water partition coefficient (Wildman–Crippen LogP) is 4.72. The summed E-state index contributed by atoms with van der Waals surface area (Å²) in [5.41, 5.74) is 9.13. The van der Waals surface area contributed by atoms with E-state index in [0.717, 1.165) is 42.6 Å². The van der Waals surface area contributed by atoms with Gasteiger partial charge in [0.1, 0.15) is 15.2 Å². The van der Waals surface area contributed by atoms with Gasteiger partial charge in [-0.15, -0.1) is 11.3 Å². The first-order valence-corrected chi connectivity index (χ1v) is 10.4. The molecule has 0 aliphatic carbocycles. The second kappa shape index (κ2) is 6.87. The van der Waals surface area contributed by atoms with Crippen LogP contribution in [0.15, 0.2) is 48.7 Å². The van der Waals surface area contributed by atoms with Gasteiger partial charge in [-0.1, -0.05) is 36.4 Å². The van der Waals surface area contributed by atoms with Gasteiger partial charge in [0, 0.05) is 18.7 Å². The molecular weight excluding hydrogens is 368 g/mol. The quantitative estimate of drug-likeness (QED) is 0.539. The maximum Gasteiger partial charge on any atom is 0.266 e. The van der Waals surface area contributed by atoms with E-state index in [-0.39, 0.29) is 5.91 Å². The summed E-state index contributed by atoms with van der Waals surface area (Å²) in [6.45, 7) is 1.60. The van der Waals surface area contributed by atoms with Gasteiger partial charge in [-0.3, -0.25) is 4.79 Å². The van der Waals surface area contributed by atoms with Crippen molar-refractivity contribution in [2.45, 2.75) is 19.3 Å². The molecule has 140 valence electrons. The normalized spacial score (nSPS) is 14.6. The van der Waals surface area contributed by atoms with Crippen LogP contribution in [0.25, 0.3) is 32.4 Å². The van der Waals surface area contributed by atoms with E-state index in [1.54, 1.807) is 6.20 Å². The molecule has 0 spiro atoms. The second-order valence-corrected chi connectivity index (χ2v) is 8.17. The molecule has 0 saturated carbocycles. The summed E-state index contributed by atoms with van der Waals surface area (Å²) in [4.78, 5) is 25.4. The van der Waals surface area contributed by atoms with Crippen molar-refractivity contribution < 1.29 is 4.79 Å². The van der Waals surface area contributed by atoms with E-state index in [9.17, 15) is 4.79 Å². The number of anilines is 1. The molecule has 2 aromatic heterocycles. The first-order valence-electron chi connectivity index (χ1n) is 9.54. The minimum atomic E-state index is 0.00857. The van der Waals surface area contributed by atoms with Gasteiger partial charge in [-0.25, -0.2) is 9.97 Å². The Morgan fingerprint density at radius 3 is 2.64 bits per heavy atom. The third-order valence-electron chi connectivity index (χ3n) is 5.32. The molecule has 2 N–H and O–H groups in total. The number of fused-ring (bicyclic) bond motifs is 2. The van der Waals surface area contributed by atoms with Gasteiger partial charge >= 0.3 is 0 Å². The van der Waals surface area contributed by atoms with Gasteiger partial charge in [-0.2, -0.15) is 0 Å². The summed E-state index contributed by atoms with van der Waals surface area (Å²) in [7, 11) is 0. The molecular formula is C22H20N4OS. The number of amides is 1. The monoisotopic (exact) mass is 388 g/mol. The van der Waals surface area contributed by atoms with Gasteiger partial charge in [0.2, 0.25) is 0 Å². The molecule has 2 aromatic carbocycles. The number of thiophene rings is 1. The van der Waals surface area contributed by atoms with E-state index >= 15 is 0 Å². The smallest absolute Gasteiger partial charge is 0.266 e. The fourth-order valence-corrected chi connectivity index (χ4v) is 4.79. The number of hydrogen-bond donors (Lipinski definition) is 1. The van der Waals surface area contributed by atoms with Crippen LogP contribution in [0, 0.1) is 0 Å². The number of nitrogens with two attached hydrogens (primary N) is 1. The Kier molecular flexibility index (Phi) is 4.20. The molecule has 0 unspecified atom stereocenters. The molecule has 1 aliphatic heterocycles. The Balaban J connectivity index is 1.54. The molecule has 28 heavy (non-hydrogen) atoms. The van der Waals surface area contributed by atoms with Crippen molar-refractivity contribution in [1.82, 2.24) is 14.9 Å². The number of nitrogens with zero attached hydrogens (tertiary/aromatic N) is 3. The van der Waals surface area contributed by atoms with Crippen molar-refractivity contribution in [2.75, 3.05) is 18.8 Å². The van der Waals surface area contributed by atoms with Crippen LogP contribution in [0.5, 0.6) is 0 Å². The highest BCUT2D eigenvalue weighted by Crippen LogP contribution is 2.34. The van der Waals surface area contributed by atoms with Crippen LogP contribution in [0.4, 0.5) is 5.69 Å². The van der Waals surface area contributed by atoms with Crippen molar-refractivity contribution in [3.05, 3.63) is 53.5 Å². The van der Waals surface area contributed by atoms with Gasteiger partial charge in [0.15, 0.2) is 0 Å². The molecule has 1 aliphatic rings. The fourth-order valence-electron chi connectivity index (χ4n) is 3.77. The van der Waals surface area contributed by atoms with Crippen molar-refractivity contribution in [1.29, 1.82) is 0 Å². The highest BCUT2D eigenvalue weighted by atomic mass is 32.1. The number of likely N-dealkylation sites (tertiary alicyclic amines) is 1. The Labute approximate surface area is 166 Å². The van der Waals surface area contributed by atoms with Crippen LogP contribution in [0.1, 0.15) is 28.9 Å². The van der Waals surface area contributed by atoms with Gasteiger partial charge in [0.05, 0.1) is 17.6 Å². The number of carbonyl (C=O) groups excluding carboxylic acids is 1. The largest absolute Gasteiger partial charge is 0.396 e. The van der Waals surface area contributed by atoms with E-state index in [1.165, 1.54) is 23.1 Å². The van der Waals surface area contributed by atoms with Gasteiger partial charge in [0.25, 0.3) is 5.91 Å². The van der Waals surface area contributed by atoms with E-state index < -0.39 is 0 Å².